The highest BCUT2D eigenvalue weighted by atomic mass is 16.2. The molecule has 0 saturated carbocycles. The van der Waals surface area contributed by atoms with Gasteiger partial charge in [0, 0.05) is 18.7 Å². The Morgan fingerprint density at radius 2 is 2.00 bits per heavy atom. The topological polar surface area (TPSA) is 40.5 Å². The van der Waals surface area contributed by atoms with Gasteiger partial charge < -0.3 is 10.0 Å². The Kier molecular flexibility index (Phi) is 5.41. The van der Waals surface area contributed by atoms with Crippen LogP contribution in [0.4, 0.5) is 0 Å². The number of amides is 1. The van der Waals surface area contributed by atoms with Gasteiger partial charge in [0.2, 0.25) is 0 Å². The highest BCUT2D eigenvalue weighted by molar-refractivity contribution is 5.96. The summed E-state index contributed by atoms with van der Waals surface area (Å²) in [4.78, 5) is 14.1. The molecule has 1 rings (SSSR count). The highest BCUT2D eigenvalue weighted by Crippen LogP contribution is 2.13. The lowest BCUT2D eigenvalue weighted by Crippen LogP contribution is -2.31. The van der Waals surface area contributed by atoms with E-state index in [0.717, 1.165) is 5.56 Å². The second kappa shape index (κ2) is 6.83. The lowest BCUT2D eigenvalue weighted by molar-refractivity contribution is 0.0772. The number of aryl methyl sites for hydroxylation is 1. The fourth-order valence-electron chi connectivity index (χ4n) is 1.76. The third-order valence-electron chi connectivity index (χ3n) is 2.76. The Balaban J connectivity index is 3.18. The minimum absolute atomic E-state index is 0.0118. The van der Waals surface area contributed by atoms with Crippen molar-refractivity contribution in [2.75, 3.05) is 19.7 Å². The summed E-state index contributed by atoms with van der Waals surface area (Å²) in [6, 6.07) is 5.58. The molecule has 0 atom stereocenters. The van der Waals surface area contributed by atoms with Crippen molar-refractivity contribution in [1.82, 2.24) is 4.90 Å². The van der Waals surface area contributed by atoms with Crippen molar-refractivity contribution in [2.45, 2.75) is 20.8 Å². The summed E-state index contributed by atoms with van der Waals surface area (Å²) >= 11 is 0. The van der Waals surface area contributed by atoms with Crippen LogP contribution in [-0.4, -0.2) is 35.6 Å². The summed E-state index contributed by atoms with van der Waals surface area (Å²) in [5.41, 5.74) is 2.33. The van der Waals surface area contributed by atoms with Crippen molar-refractivity contribution in [3.8, 4) is 11.8 Å². The van der Waals surface area contributed by atoms with Crippen LogP contribution in [0.5, 0.6) is 0 Å². The van der Waals surface area contributed by atoms with E-state index in [1.807, 2.05) is 32.9 Å². The van der Waals surface area contributed by atoms with Crippen molar-refractivity contribution in [2.24, 2.45) is 0 Å². The van der Waals surface area contributed by atoms with E-state index < -0.39 is 0 Å². The van der Waals surface area contributed by atoms with Gasteiger partial charge in [0.05, 0.1) is 5.56 Å². The first-order chi connectivity index (χ1) is 8.63. The van der Waals surface area contributed by atoms with Crippen LogP contribution in [-0.2, 0) is 0 Å². The van der Waals surface area contributed by atoms with Crippen LogP contribution in [0.15, 0.2) is 18.2 Å². The molecule has 0 aliphatic heterocycles. The van der Waals surface area contributed by atoms with Crippen LogP contribution in [0.3, 0.4) is 0 Å². The summed E-state index contributed by atoms with van der Waals surface area (Å²) in [6.07, 6.45) is 0. The average Bonchev–Trinajstić information content (AvgIpc) is 2.37. The molecule has 0 aliphatic carbocycles. The molecule has 0 saturated heterocycles. The summed E-state index contributed by atoms with van der Waals surface area (Å²) in [7, 11) is 0. The van der Waals surface area contributed by atoms with Gasteiger partial charge in [-0.2, -0.15) is 0 Å². The Hall–Kier alpha value is -1.79. The van der Waals surface area contributed by atoms with Crippen LogP contribution >= 0.6 is 0 Å². The quantitative estimate of drug-likeness (QED) is 0.825. The third kappa shape index (κ3) is 3.35. The molecule has 18 heavy (non-hydrogen) atoms. The van der Waals surface area contributed by atoms with Gasteiger partial charge in [0.15, 0.2) is 0 Å². The van der Waals surface area contributed by atoms with Gasteiger partial charge in [0.25, 0.3) is 5.91 Å². The van der Waals surface area contributed by atoms with E-state index in [1.54, 1.807) is 11.0 Å². The maximum atomic E-state index is 12.3. The first-order valence-electron chi connectivity index (χ1n) is 6.13. The summed E-state index contributed by atoms with van der Waals surface area (Å²) in [5, 5.41) is 8.76. The van der Waals surface area contributed by atoms with Gasteiger partial charge in [0.1, 0.15) is 6.61 Å². The smallest absolute Gasteiger partial charge is 0.255 e. The molecule has 1 N–H and O–H groups in total. The van der Waals surface area contributed by atoms with E-state index in [0.29, 0.717) is 24.2 Å². The molecule has 1 aromatic carbocycles. The molecule has 1 amide bonds. The molecule has 0 aliphatic rings. The average molecular weight is 245 g/mol. The van der Waals surface area contributed by atoms with Crippen molar-refractivity contribution in [3.63, 3.8) is 0 Å². The molecule has 1 aromatic rings. The van der Waals surface area contributed by atoms with Gasteiger partial charge in [-0.25, -0.2) is 0 Å². The van der Waals surface area contributed by atoms with E-state index >= 15 is 0 Å². The molecule has 0 heterocycles. The minimum atomic E-state index is -0.202. The van der Waals surface area contributed by atoms with Crippen LogP contribution in [0.2, 0.25) is 0 Å². The van der Waals surface area contributed by atoms with Crippen molar-refractivity contribution in [1.29, 1.82) is 0 Å². The van der Waals surface area contributed by atoms with Gasteiger partial charge in [-0.15, -0.1) is 0 Å². The van der Waals surface area contributed by atoms with E-state index in [-0.39, 0.29) is 12.5 Å². The number of hydrogen-bond donors (Lipinski definition) is 1. The normalized spacial score (nSPS) is 9.56. The number of carbonyl (C=O) groups is 1. The number of rotatable bonds is 3. The van der Waals surface area contributed by atoms with Crippen LogP contribution in [0.25, 0.3) is 0 Å². The fraction of sp³-hybridized carbons (Fsp3) is 0.400. The number of nitrogens with zero attached hydrogens (tertiary/aromatic N) is 1. The molecule has 0 fully saturated rings. The van der Waals surface area contributed by atoms with Gasteiger partial charge in [-0.1, -0.05) is 17.9 Å². The van der Waals surface area contributed by atoms with Crippen LogP contribution in [0, 0.1) is 18.8 Å². The molecule has 3 heteroatoms. The summed E-state index contributed by atoms with van der Waals surface area (Å²) < 4.78 is 0. The predicted molar refractivity (Wildman–Crippen MR) is 72.4 cm³/mol. The number of aliphatic hydroxyl groups is 1. The highest BCUT2D eigenvalue weighted by Gasteiger charge is 2.15. The van der Waals surface area contributed by atoms with E-state index in [4.69, 9.17) is 5.11 Å². The Morgan fingerprint density at radius 1 is 1.33 bits per heavy atom. The molecule has 0 spiro atoms. The Labute approximate surface area is 108 Å². The summed E-state index contributed by atoms with van der Waals surface area (Å²) in [6.45, 7) is 7.01. The van der Waals surface area contributed by atoms with E-state index in [9.17, 15) is 4.79 Å². The van der Waals surface area contributed by atoms with Crippen molar-refractivity contribution >= 4 is 5.91 Å². The number of hydrogen-bond acceptors (Lipinski definition) is 2. The first kappa shape index (κ1) is 14.3. The van der Waals surface area contributed by atoms with E-state index in [2.05, 4.69) is 11.8 Å². The second-order valence-electron chi connectivity index (χ2n) is 3.99. The Morgan fingerprint density at radius 3 is 2.56 bits per heavy atom. The second-order valence-corrected chi connectivity index (χ2v) is 3.99. The van der Waals surface area contributed by atoms with Crippen LogP contribution < -0.4 is 0 Å². The summed E-state index contributed by atoms with van der Waals surface area (Å²) in [5.74, 6) is 5.43. The Bertz CT molecular complexity index is 479. The number of aliphatic hydroxyl groups excluding tert-OH is 1. The van der Waals surface area contributed by atoms with Gasteiger partial charge in [-0.05, 0) is 38.5 Å². The zero-order valence-corrected chi connectivity index (χ0v) is 11.2. The number of carbonyl (C=O) groups excluding carboxylic acids is 1. The molecule has 3 nitrogen and oxygen atoms in total. The number of benzene rings is 1. The van der Waals surface area contributed by atoms with Crippen molar-refractivity contribution < 1.29 is 9.90 Å². The fourth-order valence-corrected chi connectivity index (χ4v) is 1.76. The zero-order valence-electron chi connectivity index (χ0n) is 11.2. The maximum absolute atomic E-state index is 12.3. The van der Waals surface area contributed by atoms with E-state index in [1.165, 1.54) is 0 Å². The molecule has 0 radical (unpaired) electrons. The molecule has 96 valence electrons. The SMILES string of the molecule is CCN(CC)C(=O)c1ccc(C)cc1C#CCO. The zero-order chi connectivity index (χ0) is 13.5. The predicted octanol–water partition coefficient (Wildman–Crippen LogP) is 1.82. The maximum Gasteiger partial charge on any atom is 0.255 e. The standard InChI is InChI=1S/C15H19NO2/c1-4-16(5-2)15(18)14-9-8-12(3)11-13(14)7-6-10-17/h8-9,11,17H,4-5,10H2,1-3H3. The molecular weight excluding hydrogens is 226 g/mol. The first-order valence-corrected chi connectivity index (χ1v) is 6.13. The lowest BCUT2D eigenvalue weighted by atomic mass is 10.0. The largest absolute Gasteiger partial charge is 0.384 e. The lowest BCUT2D eigenvalue weighted by Gasteiger charge is -2.19. The van der Waals surface area contributed by atoms with Gasteiger partial charge >= 0.3 is 0 Å². The monoisotopic (exact) mass is 245 g/mol. The van der Waals surface area contributed by atoms with Gasteiger partial charge in [-0.3, -0.25) is 4.79 Å². The third-order valence-corrected chi connectivity index (χ3v) is 2.76. The molecular formula is C15H19NO2. The minimum Gasteiger partial charge on any atom is -0.384 e. The van der Waals surface area contributed by atoms with Crippen molar-refractivity contribution in [3.05, 3.63) is 34.9 Å². The molecule has 0 bridgehead atoms. The molecule has 0 unspecified atom stereocenters. The molecule has 0 aromatic heterocycles. The van der Waals surface area contributed by atoms with Crippen LogP contribution in [0.1, 0.15) is 35.3 Å².